The van der Waals surface area contributed by atoms with E-state index in [0.717, 1.165) is 0 Å². The summed E-state index contributed by atoms with van der Waals surface area (Å²) in [6.07, 6.45) is 21.6. The third-order valence-electron chi connectivity index (χ3n) is 8.36. The molecule has 2 atom stereocenters. The topological polar surface area (TPSA) is 6.48 Å². The van der Waals surface area contributed by atoms with E-state index in [2.05, 4.69) is 85.6 Å². The quantitative estimate of drug-likeness (QED) is 0.356. The summed E-state index contributed by atoms with van der Waals surface area (Å²) >= 11 is -1.17. The fraction of sp³-hybridized carbons (Fsp3) is 0.667. The molecule has 2 aliphatic carbocycles. The average Bonchev–Trinajstić information content (AvgIpc) is 3.44. The minimum absolute atomic E-state index is 0. The molecular weight excluding hydrogens is 711 g/mol. The van der Waals surface area contributed by atoms with Crippen molar-refractivity contribution < 1.29 is 56.9 Å². The van der Waals surface area contributed by atoms with Crippen molar-refractivity contribution in [3.8, 4) is 0 Å². The summed E-state index contributed by atoms with van der Waals surface area (Å²) < 4.78 is 6.79. The zero-order valence-electron chi connectivity index (χ0n) is 20.3. The minimum atomic E-state index is -1.59. The van der Waals surface area contributed by atoms with Crippen LogP contribution in [0.2, 0.25) is 31.8 Å². The van der Waals surface area contributed by atoms with Crippen LogP contribution in [0.1, 0.15) is 39.5 Å². The molecule has 0 amide bonds. The van der Waals surface area contributed by atoms with Crippen molar-refractivity contribution in [1.29, 1.82) is 0 Å². The van der Waals surface area contributed by atoms with Gasteiger partial charge in [0.1, 0.15) is 0 Å². The Bertz CT molecular complexity index is 716. The van der Waals surface area contributed by atoms with Crippen LogP contribution < -0.4 is 34.0 Å². The number of nitrogens with zero attached hydrogens (tertiary/aromatic N) is 2. The molecule has 7 heteroatoms. The predicted molar refractivity (Wildman–Crippen MR) is 128 cm³/mol. The predicted octanol–water partition coefficient (Wildman–Crippen LogP) is 0.107. The fourth-order valence-corrected chi connectivity index (χ4v) is 33.0. The van der Waals surface area contributed by atoms with Gasteiger partial charge >= 0.3 is 194 Å². The zero-order valence-corrected chi connectivity index (χ0v) is 29.0. The van der Waals surface area contributed by atoms with Gasteiger partial charge in [0.15, 0.2) is 0 Å². The van der Waals surface area contributed by atoms with Crippen molar-refractivity contribution in [1.82, 2.24) is 9.13 Å². The second kappa shape index (κ2) is 10.4. The number of halogens is 2. The van der Waals surface area contributed by atoms with Crippen molar-refractivity contribution in [3.05, 3.63) is 47.6 Å². The van der Waals surface area contributed by atoms with Gasteiger partial charge in [-0.2, -0.15) is 0 Å². The Kier molecular flexibility index (Phi) is 9.53. The molecule has 0 N–H and O–H groups in total. The fourth-order valence-electron chi connectivity index (χ4n) is 6.08. The molecule has 2 saturated heterocycles. The summed E-state index contributed by atoms with van der Waals surface area (Å²) in [7, 11) is -3.17. The third-order valence-corrected chi connectivity index (χ3v) is 37.5. The Hall–Kier alpha value is 1.14. The number of hydrogen-bond acceptors (Lipinski definition) is 2. The average molecular weight is 751 g/mol. The monoisotopic (exact) mass is 750 g/mol. The van der Waals surface area contributed by atoms with Gasteiger partial charge < -0.3 is 34.0 Å². The van der Waals surface area contributed by atoms with Crippen molar-refractivity contribution in [2.45, 2.75) is 71.3 Å². The van der Waals surface area contributed by atoms with E-state index in [0.29, 0.717) is 5.59 Å². The molecule has 0 aromatic rings. The van der Waals surface area contributed by atoms with E-state index in [1.54, 1.807) is 0 Å². The van der Waals surface area contributed by atoms with Crippen LogP contribution in [0.3, 0.4) is 0 Å². The summed E-state index contributed by atoms with van der Waals surface area (Å²) in [5, 5.41) is 0. The molecule has 2 heterocycles. The van der Waals surface area contributed by atoms with Gasteiger partial charge in [-0.15, -0.1) is 0 Å². The molecule has 0 aromatic heterocycles. The summed E-state index contributed by atoms with van der Waals surface area (Å²) in [4.78, 5) is 0. The summed E-state index contributed by atoms with van der Waals surface area (Å²) in [5.74, 6) is 0. The molecule has 172 valence electrons. The van der Waals surface area contributed by atoms with E-state index in [1.807, 2.05) is 0 Å². The molecule has 4 aliphatic rings. The van der Waals surface area contributed by atoms with Gasteiger partial charge in [0.05, 0.1) is 0 Å². The Balaban J connectivity index is 0.00000171. The molecule has 31 heavy (non-hydrogen) atoms. The van der Waals surface area contributed by atoms with Crippen molar-refractivity contribution in [3.63, 3.8) is 0 Å². The molecule has 0 spiro atoms. The Morgan fingerprint density at radius 3 is 1.26 bits per heavy atom. The molecule has 0 saturated carbocycles. The number of hydrogen-bond donors (Lipinski definition) is 0. The summed E-state index contributed by atoms with van der Waals surface area (Å²) in [5.41, 5.74) is 3.05. The smallest absolute Gasteiger partial charge is 1.00 e. The van der Waals surface area contributed by atoms with Gasteiger partial charge in [0.25, 0.3) is 0 Å². The first-order valence-corrected chi connectivity index (χ1v) is 21.2. The van der Waals surface area contributed by atoms with Gasteiger partial charge in [0.2, 0.25) is 0 Å². The van der Waals surface area contributed by atoms with Gasteiger partial charge in [-0.1, -0.05) is 0 Å². The van der Waals surface area contributed by atoms with Crippen LogP contribution in [0, 0.1) is 0 Å². The number of allylic oxidation sites excluding steroid dienone is 8. The van der Waals surface area contributed by atoms with Crippen LogP contribution in [-0.4, -0.2) is 51.8 Å². The van der Waals surface area contributed by atoms with Crippen molar-refractivity contribution in [2.75, 3.05) is 26.2 Å². The Morgan fingerprint density at radius 1 is 0.677 bits per heavy atom. The minimum Gasteiger partial charge on any atom is -1.00 e. The van der Waals surface area contributed by atoms with Gasteiger partial charge in [0, 0.05) is 0 Å². The maximum atomic E-state index is 2.97. The SMILES string of the molecule is CC1=C[C]([Hf+2][C]2([Si](C)(C)N3CCCC3)C=CC(C)=C2)([Si](C)(C)N2CCCC2)C=C1.[Br-].[Br-]. The molecule has 4 rings (SSSR count). The first-order valence-electron chi connectivity index (χ1n) is 11.7. The Labute approximate surface area is 225 Å². The van der Waals surface area contributed by atoms with Crippen LogP contribution in [0.5, 0.6) is 0 Å². The maximum absolute atomic E-state index is 2.97. The van der Waals surface area contributed by atoms with Crippen molar-refractivity contribution >= 4 is 16.5 Å². The van der Waals surface area contributed by atoms with E-state index >= 15 is 0 Å². The normalized spacial score (nSPS) is 31.3. The van der Waals surface area contributed by atoms with Gasteiger partial charge in [-0.3, -0.25) is 0 Å². The molecule has 0 aromatic carbocycles. The molecular formula is C24H40Br2HfN2Si2. The van der Waals surface area contributed by atoms with E-state index < -0.39 is 39.4 Å². The van der Waals surface area contributed by atoms with E-state index in [4.69, 9.17) is 0 Å². The molecule has 0 radical (unpaired) electrons. The first-order chi connectivity index (χ1) is 13.6. The van der Waals surface area contributed by atoms with Gasteiger partial charge in [-0.25, -0.2) is 0 Å². The molecule has 0 bridgehead atoms. The molecule has 2 aliphatic heterocycles. The van der Waals surface area contributed by atoms with Crippen LogP contribution in [0.25, 0.3) is 0 Å². The second-order valence-electron chi connectivity index (χ2n) is 10.8. The Morgan fingerprint density at radius 2 is 1.00 bits per heavy atom. The zero-order chi connectivity index (χ0) is 20.9. The van der Waals surface area contributed by atoms with Crippen molar-refractivity contribution in [2.24, 2.45) is 0 Å². The standard InChI is InChI=1S/2C12H20NSi.2BrH.Hf/c2*1-11-6-7-12(10-11)14(2,3)13-8-4-5-9-13;;;/h2*6-7,10H,4-5,8-9H2,1-3H3;2*1H;/q;;;;+2/p-2. The molecule has 2 nitrogen and oxygen atoms in total. The first kappa shape index (κ1) is 28.4. The van der Waals surface area contributed by atoms with Crippen LogP contribution in [0.4, 0.5) is 0 Å². The third kappa shape index (κ3) is 4.94. The van der Waals surface area contributed by atoms with Crippen LogP contribution >= 0.6 is 0 Å². The van der Waals surface area contributed by atoms with E-state index in [-0.39, 0.29) is 34.0 Å². The van der Waals surface area contributed by atoms with E-state index in [9.17, 15) is 0 Å². The van der Waals surface area contributed by atoms with Crippen LogP contribution in [-0.2, 0) is 22.9 Å². The molecule has 2 unspecified atom stereocenters. The van der Waals surface area contributed by atoms with Gasteiger partial charge in [-0.05, 0) is 0 Å². The number of rotatable bonds is 6. The molecule has 2 fully saturated rings. The van der Waals surface area contributed by atoms with E-state index in [1.165, 1.54) is 63.0 Å². The second-order valence-corrected chi connectivity index (χ2v) is 30.4. The summed E-state index contributed by atoms with van der Waals surface area (Å²) in [6.45, 7) is 20.9. The largest absolute Gasteiger partial charge is 1.00 e. The van der Waals surface area contributed by atoms with Crippen LogP contribution in [0.15, 0.2) is 47.6 Å². The summed E-state index contributed by atoms with van der Waals surface area (Å²) in [6, 6.07) is 0. The maximum Gasteiger partial charge on any atom is -1.00 e.